The minimum atomic E-state index is 0.827. The van der Waals surface area contributed by atoms with Gasteiger partial charge >= 0.3 is 0 Å². The summed E-state index contributed by atoms with van der Waals surface area (Å²) in [7, 11) is 1.67. The van der Waals surface area contributed by atoms with Crippen LogP contribution in [0.5, 0.6) is 5.75 Å². The van der Waals surface area contributed by atoms with Crippen LogP contribution in [0.2, 0.25) is 0 Å². The first-order chi connectivity index (χ1) is 7.13. The molecular formula is C12H16BrNO. The predicted molar refractivity (Wildman–Crippen MR) is 68.6 cm³/mol. The van der Waals surface area contributed by atoms with Crippen LogP contribution in [0.4, 0.5) is 5.69 Å². The molecule has 0 saturated heterocycles. The molecule has 2 nitrogen and oxygen atoms in total. The SMILES string of the molecule is COc1ccc(Br)c(NCC=C(C)C)c1. The number of benzene rings is 1. The summed E-state index contributed by atoms with van der Waals surface area (Å²) in [4.78, 5) is 0. The maximum Gasteiger partial charge on any atom is 0.121 e. The van der Waals surface area contributed by atoms with Gasteiger partial charge in [-0.1, -0.05) is 11.6 Å². The van der Waals surface area contributed by atoms with E-state index in [9.17, 15) is 0 Å². The molecule has 0 aliphatic heterocycles. The number of halogens is 1. The van der Waals surface area contributed by atoms with Gasteiger partial charge < -0.3 is 10.1 Å². The first kappa shape index (κ1) is 12.1. The molecule has 0 radical (unpaired) electrons. The van der Waals surface area contributed by atoms with Gasteiger partial charge in [-0.15, -0.1) is 0 Å². The highest BCUT2D eigenvalue weighted by Gasteiger charge is 2.00. The molecule has 0 aromatic heterocycles. The Labute approximate surface area is 99.5 Å². The number of anilines is 1. The van der Waals surface area contributed by atoms with Crippen LogP contribution >= 0.6 is 15.9 Å². The van der Waals surface area contributed by atoms with Crippen molar-refractivity contribution >= 4 is 21.6 Å². The van der Waals surface area contributed by atoms with E-state index < -0.39 is 0 Å². The van der Waals surface area contributed by atoms with Crippen LogP contribution in [0.15, 0.2) is 34.3 Å². The van der Waals surface area contributed by atoms with Gasteiger partial charge in [0.25, 0.3) is 0 Å². The number of hydrogen-bond donors (Lipinski definition) is 1. The van der Waals surface area contributed by atoms with Crippen molar-refractivity contribution in [2.75, 3.05) is 19.0 Å². The van der Waals surface area contributed by atoms with Crippen LogP contribution in [-0.2, 0) is 0 Å². The van der Waals surface area contributed by atoms with Gasteiger partial charge in [0, 0.05) is 17.1 Å². The summed E-state index contributed by atoms with van der Waals surface area (Å²) in [6.45, 7) is 5.00. The van der Waals surface area contributed by atoms with Gasteiger partial charge in [-0.3, -0.25) is 0 Å². The smallest absolute Gasteiger partial charge is 0.121 e. The van der Waals surface area contributed by atoms with Crippen LogP contribution in [-0.4, -0.2) is 13.7 Å². The maximum atomic E-state index is 5.16. The second-order valence-electron chi connectivity index (χ2n) is 3.51. The molecule has 0 unspecified atom stereocenters. The molecule has 0 fully saturated rings. The molecule has 1 rings (SSSR count). The van der Waals surface area contributed by atoms with Crippen molar-refractivity contribution < 1.29 is 4.74 Å². The lowest BCUT2D eigenvalue weighted by atomic mass is 10.3. The third kappa shape index (κ3) is 3.96. The van der Waals surface area contributed by atoms with Crippen LogP contribution in [0.1, 0.15) is 13.8 Å². The molecule has 1 N–H and O–H groups in total. The zero-order valence-electron chi connectivity index (χ0n) is 9.30. The topological polar surface area (TPSA) is 21.3 Å². The Morgan fingerprint density at radius 3 is 2.80 bits per heavy atom. The Kier molecular flexibility index (Phi) is 4.69. The molecule has 0 saturated carbocycles. The second kappa shape index (κ2) is 5.81. The summed E-state index contributed by atoms with van der Waals surface area (Å²) in [6, 6.07) is 5.88. The normalized spacial score (nSPS) is 9.60. The van der Waals surface area contributed by atoms with Gasteiger partial charge in [-0.2, -0.15) is 0 Å². The van der Waals surface area contributed by atoms with E-state index in [4.69, 9.17) is 4.74 Å². The summed E-state index contributed by atoms with van der Waals surface area (Å²) in [5.41, 5.74) is 2.35. The standard InChI is InChI=1S/C12H16BrNO/c1-9(2)6-7-14-12-8-10(15-3)4-5-11(12)13/h4-6,8,14H,7H2,1-3H3. The zero-order valence-corrected chi connectivity index (χ0v) is 10.9. The van der Waals surface area contributed by atoms with Crippen LogP contribution < -0.4 is 10.1 Å². The zero-order chi connectivity index (χ0) is 11.3. The van der Waals surface area contributed by atoms with E-state index in [1.165, 1.54) is 5.57 Å². The Morgan fingerprint density at radius 2 is 2.20 bits per heavy atom. The lowest BCUT2D eigenvalue weighted by Gasteiger charge is -2.08. The number of rotatable bonds is 4. The van der Waals surface area contributed by atoms with Gasteiger partial charge in [0.15, 0.2) is 0 Å². The molecule has 1 aromatic rings. The van der Waals surface area contributed by atoms with E-state index in [1.807, 2.05) is 18.2 Å². The van der Waals surface area contributed by atoms with Gasteiger partial charge in [0.05, 0.1) is 12.8 Å². The number of allylic oxidation sites excluding steroid dienone is 1. The quantitative estimate of drug-likeness (QED) is 0.839. The Bertz CT molecular complexity index is 357. The van der Waals surface area contributed by atoms with Crippen molar-refractivity contribution in [3.63, 3.8) is 0 Å². The van der Waals surface area contributed by atoms with E-state index in [2.05, 4.69) is 41.2 Å². The Hall–Kier alpha value is -0.960. The van der Waals surface area contributed by atoms with E-state index in [-0.39, 0.29) is 0 Å². The van der Waals surface area contributed by atoms with Crippen molar-refractivity contribution in [1.29, 1.82) is 0 Å². The van der Waals surface area contributed by atoms with E-state index in [1.54, 1.807) is 7.11 Å². The van der Waals surface area contributed by atoms with Crippen molar-refractivity contribution in [2.45, 2.75) is 13.8 Å². The molecule has 15 heavy (non-hydrogen) atoms. The highest BCUT2D eigenvalue weighted by Crippen LogP contribution is 2.26. The molecular weight excluding hydrogens is 254 g/mol. The maximum absolute atomic E-state index is 5.16. The fourth-order valence-electron chi connectivity index (χ4n) is 1.13. The van der Waals surface area contributed by atoms with Crippen LogP contribution in [0.25, 0.3) is 0 Å². The molecule has 0 spiro atoms. The Balaban J connectivity index is 2.71. The molecule has 0 atom stereocenters. The predicted octanol–water partition coefficient (Wildman–Crippen LogP) is 3.84. The first-order valence-corrected chi connectivity index (χ1v) is 5.63. The summed E-state index contributed by atoms with van der Waals surface area (Å²) in [5, 5.41) is 3.32. The second-order valence-corrected chi connectivity index (χ2v) is 4.36. The van der Waals surface area contributed by atoms with Gasteiger partial charge in [-0.25, -0.2) is 0 Å². The van der Waals surface area contributed by atoms with E-state index in [0.717, 1.165) is 22.5 Å². The summed E-state index contributed by atoms with van der Waals surface area (Å²) in [6.07, 6.45) is 2.14. The molecule has 0 heterocycles. The summed E-state index contributed by atoms with van der Waals surface area (Å²) in [5.74, 6) is 0.859. The van der Waals surface area contributed by atoms with E-state index in [0.29, 0.717) is 0 Å². The largest absolute Gasteiger partial charge is 0.497 e. The molecule has 1 aromatic carbocycles. The van der Waals surface area contributed by atoms with Crippen LogP contribution in [0.3, 0.4) is 0 Å². The third-order valence-corrected chi connectivity index (χ3v) is 2.67. The molecule has 0 aliphatic rings. The van der Waals surface area contributed by atoms with Gasteiger partial charge in [-0.05, 0) is 41.9 Å². The van der Waals surface area contributed by atoms with Crippen molar-refractivity contribution in [3.05, 3.63) is 34.3 Å². The average Bonchev–Trinajstić information content (AvgIpc) is 2.20. The molecule has 0 aliphatic carbocycles. The number of ether oxygens (including phenoxy) is 1. The number of hydrogen-bond acceptors (Lipinski definition) is 2. The van der Waals surface area contributed by atoms with E-state index >= 15 is 0 Å². The summed E-state index contributed by atoms with van der Waals surface area (Å²) >= 11 is 3.49. The summed E-state index contributed by atoms with van der Waals surface area (Å²) < 4.78 is 6.21. The van der Waals surface area contributed by atoms with Crippen molar-refractivity contribution in [2.24, 2.45) is 0 Å². The first-order valence-electron chi connectivity index (χ1n) is 4.84. The van der Waals surface area contributed by atoms with Crippen molar-refractivity contribution in [1.82, 2.24) is 0 Å². The fourth-order valence-corrected chi connectivity index (χ4v) is 1.52. The van der Waals surface area contributed by atoms with Gasteiger partial charge in [0.1, 0.15) is 5.75 Å². The third-order valence-electron chi connectivity index (χ3n) is 1.98. The lowest BCUT2D eigenvalue weighted by molar-refractivity contribution is 0.415. The molecule has 82 valence electrons. The van der Waals surface area contributed by atoms with Crippen molar-refractivity contribution in [3.8, 4) is 5.75 Å². The number of methoxy groups -OCH3 is 1. The number of nitrogens with one attached hydrogen (secondary N) is 1. The minimum absolute atomic E-state index is 0.827. The molecule has 0 amide bonds. The monoisotopic (exact) mass is 269 g/mol. The highest BCUT2D eigenvalue weighted by atomic mass is 79.9. The molecule has 0 bridgehead atoms. The Morgan fingerprint density at radius 1 is 1.47 bits per heavy atom. The average molecular weight is 270 g/mol. The molecule has 3 heteroatoms. The highest BCUT2D eigenvalue weighted by molar-refractivity contribution is 9.10. The lowest BCUT2D eigenvalue weighted by Crippen LogP contribution is -1.99. The van der Waals surface area contributed by atoms with Crippen LogP contribution in [0, 0.1) is 0 Å². The minimum Gasteiger partial charge on any atom is -0.497 e. The fraction of sp³-hybridized carbons (Fsp3) is 0.333. The van der Waals surface area contributed by atoms with Gasteiger partial charge in [0.2, 0.25) is 0 Å².